The Hall–Kier alpha value is -4.35. The number of aryl methyl sites for hydroxylation is 1. The summed E-state index contributed by atoms with van der Waals surface area (Å²) in [6, 6.07) is 24.6. The van der Waals surface area contributed by atoms with E-state index >= 15 is 0 Å². The Kier molecular flexibility index (Phi) is 11.9. The summed E-state index contributed by atoms with van der Waals surface area (Å²) >= 11 is 6.37. The molecule has 1 atom stereocenters. The monoisotopic (exact) mass is 699 g/mol. The lowest BCUT2D eigenvalue weighted by Gasteiger charge is -2.34. The Morgan fingerprint density at radius 1 is 0.854 bits per heavy atom. The van der Waals surface area contributed by atoms with Gasteiger partial charge in [-0.25, -0.2) is 8.42 Å². The van der Waals surface area contributed by atoms with E-state index in [2.05, 4.69) is 5.32 Å². The van der Waals surface area contributed by atoms with Crippen LogP contribution in [0.3, 0.4) is 0 Å². The van der Waals surface area contributed by atoms with E-state index in [-0.39, 0.29) is 28.8 Å². The van der Waals surface area contributed by atoms with E-state index in [0.29, 0.717) is 22.5 Å². The summed E-state index contributed by atoms with van der Waals surface area (Å²) in [6.07, 6.45) is -4.73. The highest BCUT2D eigenvalue weighted by atomic mass is 35.5. The number of alkyl halides is 3. The quantitative estimate of drug-likeness (QED) is 0.159. The van der Waals surface area contributed by atoms with E-state index in [1.165, 1.54) is 29.2 Å². The van der Waals surface area contributed by atoms with Crippen LogP contribution in [0.2, 0.25) is 5.02 Å². The second-order valence-corrected chi connectivity index (χ2v) is 14.1. The molecule has 0 fully saturated rings. The van der Waals surface area contributed by atoms with E-state index in [4.69, 9.17) is 11.6 Å². The van der Waals surface area contributed by atoms with Gasteiger partial charge in [0.05, 0.1) is 21.2 Å². The molecule has 0 saturated carbocycles. The molecule has 0 bridgehead atoms. The van der Waals surface area contributed by atoms with Crippen molar-refractivity contribution in [2.75, 3.05) is 17.4 Å². The standard InChI is InChI=1S/C36H37ClF3N3O4S/c1-25(2)22-41-35(45)33(20-27-12-6-4-7-13-27)42(23-28-14-10-11-26(3)19-28)34(44)24-43(48(46,47)30-15-8-5-9-16-30)32-21-29(36(38,39)40)17-18-31(32)37/h4-19,21,25,33H,20,22-24H2,1-3H3,(H,41,45). The van der Waals surface area contributed by atoms with Crippen molar-refractivity contribution in [3.63, 3.8) is 0 Å². The Labute approximate surface area is 284 Å². The highest BCUT2D eigenvalue weighted by Gasteiger charge is 2.37. The number of halogens is 4. The van der Waals surface area contributed by atoms with Crippen molar-refractivity contribution in [2.24, 2.45) is 5.92 Å². The average Bonchev–Trinajstić information content (AvgIpc) is 3.04. The van der Waals surface area contributed by atoms with Gasteiger partial charge in [0.25, 0.3) is 10.0 Å². The van der Waals surface area contributed by atoms with Gasteiger partial charge in [-0.05, 0) is 54.3 Å². The van der Waals surface area contributed by atoms with Gasteiger partial charge in [-0.3, -0.25) is 13.9 Å². The molecule has 0 aromatic heterocycles. The molecule has 2 amide bonds. The second kappa shape index (κ2) is 15.7. The van der Waals surface area contributed by atoms with Gasteiger partial charge in [-0.2, -0.15) is 13.2 Å². The predicted octanol–water partition coefficient (Wildman–Crippen LogP) is 7.27. The minimum absolute atomic E-state index is 0.0807. The van der Waals surface area contributed by atoms with Crippen molar-refractivity contribution in [1.82, 2.24) is 10.2 Å². The second-order valence-electron chi connectivity index (χ2n) is 11.8. The molecule has 254 valence electrons. The molecule has 0 aliphatic carbocycles. The van der Waals surface area contributed by atoms with E-state index in [1.54, 1.807) is 30.3 Å². The third kappa shape index (κ3) is 9.38. The molecule has 0 saturated heterocycles. The van der Waals surface area contributed by atoms with Crippen LogP contribution in [0.1, 0.15) is 36.1 Å². The zero-order valence-corrected chi connectivity index (χ0v) is 28.3. The normalized spacial score (nSPS) is 12.4. The van der Waals surface area contributed by atoms with E-state index in [9.17, 15) is 31.2 Å². The van der Waals surface area contributed by atoms with Crippen LogP contribution >= 0.6 is 11.6 Å². The van der Waals surface area contributed by atoms with Crippen LogP contribution in [-0.2, 0) is 38.8 Å². The third-order valence-corrected chi connectivity index (χ3v) is 9.64. The molecule has 1 N–H and O–H groups in total. The SMILES string of the molecule is Cc1cccc(CN(C(=O)CN(c2cc(C(F)(F)F)ccc2Cl)S(=O)(=O)c2ccccc2)C(Cc2ccccc2)C(=O)NCC(C)C)c1. The van der Waals surface area contributed by atoms with Gasteiger partial charge in [-0.1, -0.05) is 104 Å². The third-order valence-electron chi connectivity index (χ3n) is 7.54. The predicted molar refractivity (Wildman–Crippen MR) is 181 cm³/mol. The van der Waals surface area contributed by atoms with Gasteiger partial charge < -0.3 is 10.2 Å². The molecular weight excluding hydrogens is 663 g/mol. The number of amides is 2. The molecule has 4 rings (SSSR count). The number of hydrogen-bond acceptors (Lipinski definition) is 4. The van der Waals surface area contributed by atoms with E-state index in [0.717, 1.165) is 23.3 Å². The molecule has 0 aliphatic rings. The van der Waals surface area contributed by atoms with Crippen LogP contribution < -0.4 is 9.62 Å². The topological polar surface area (TPSA) is 86.8 Å². The van der Waals surface area contributed by atoms with Crippen molar-refractivity contribution in [2.45, 2.75) is 50.9 Å². The molecular formula is C36H37ClF3N3O4S. The molecule has 4 aromatic carbocycles. The number of nitrogens with one attached hydrogen (secondary N) is 1. The molecule has 4 aromatic rings. The Balaban J connectivity index is 1.86. The lowest BCUT2D eigenvalue weighted by molar-refractivity contribution is -0.140. The van der Waals surface area contributed by atoms with Crippen molar-refractivity contribution in [3.05, 3.63) is 130 Å². The smallest absolute Gasteiger partial charge is 0.354 e. The average molecular weight is 700 g/mol. The molecule has 12 heteroatoms. The van der Waals surface area contributed by atoms with Gasteiger partial charge >= 0.3 is 6.18 Å². The maximum Gasteiger partial charge on any atom is 0.416 e. The van der Waals surface area contributed by atoms with Gasteiger partial charge in [0.15, 0.2) is 0 Å². The highest BCUT2D eigenvalue weighted by Crippen LogP contribution is 2.37. The van der Waals surface area contributed by atoms with Crippen LogP contribution in [0.25, 0.3) is 0 Å². The fourth-order valence-electron chi connectivity index (χ4n) is 5.10. The van der Waals surface area contributed by atoms with E-state index in [1.807, 2.05) is 51.1 Å². The first-order chi connectivity index (χ1) is 22.7. The highest BCUT2D eigenvalue weighted by molar-refractivity contribution is 7.92. The largest absolute Gasteiger partial charge is 0.416 e. The fourth-order valence-corrected chi connectivity index (χ4v) is 6.81. The molecule has 7 nitrogen and oxygen atoms in total. The first kappa shape index (κ1) is 36.5. The molecule has 1 unspecified atom stereocenters. The van der Waals surface area contributed by atoms with Crippen LogP contribution in [0.15, 0.2) is 108 Å². The van der Waals surface area contributed by atoms with Gasteiger partial charge in [0.1, 0.15) is 12.6 Å². The number of benzene rings is 4. The summed E-state index contributed by atoms with van der Waals surface area (Å²) in [5.74, 6) is -1.17. The first-order valence-corrected chi connectivity index (χ1v) is 17.1. The fraction of sp³-hybridized carbons (Fsp3) is 0.278. The van der Waals surface area contributed by atoms with Crippen molar-refractivity contribution >= 4 is 39.1 Å². The minimum Gasteiger partial charge on any atom is -0.354 e. The molecule has 0 heterocycles. The minimum atomic E-state index is -4.82. The summed E-state index contributed by atoms with van der Waals surface area (Å²) < 4.78 is 70.4. The zero-order valence-electron chi connectivity index (χ0n) is 26.7. The maximum absolute atomic E-state index is 14.5. The van der Waals surface area contributed by atoms with Gasteiger partial charge in [0, 0.05) is 19.5 Å². The molecule has 48 heavy (non-hydrogen) atoms. The molecule has 0 spiro atoms. The van der Waals surface area contributed by atoms with Crippen LogP contribution in [0.5, 0.6) is 0 Å². The van der Waals surface area contributed by atoms with Crippen LogP contribution in [0.4, 0.5) is 18.9 Å². The Morgan fingerprint density at radius 2 is 1.48 bits per heavy atom. The van der Waals surface area contributed by atoms with Crippen molar-refractivity contribution in [1.29, 1.82) is 0 Å². The number of hydrogen-bond donors (Lipinski definition) is 1. The Bertz CT molecular complexity index is 1820. The number of rotatable bonds is 13. The number of carbonyl (C=O) groups excluding carboxylic acids is 2. The summed E-state index contributed by atoms with van der Waals surface area (Å²) in [4.78, 5) is 29.4. The van der Waals surface area contributed by atoms with Crippen molar-refractivity contribution in [3.8, 4) is 0 Å². The van der Waals surface area contributed by atoms with E-state index < -0.39 is 51.9 Å². The van der Waals surface area contributed by atoms with Gasteiger partial charge in [0.2, 0.25) is 11.8 Å². The zero-order chi connectivity index (χ0) is 35.1. The lowest BCUT2D eigenvalue weighted by Crippen LogP contribution is -2.53. The Morgan fingerprint density at radius 3 is 2.08 bits per heavy atom. The summed E-state index contributed by atoms with van der Waals surface area (Å²) in [7, 11) is -4.64. The van der Waals surface area contributed by atoms with Crippen LogP contribution in [0, 0.1) is 12.8 Å². The molecule has 0 radical (unpaired) electrons. The summed E-state index contributed by atoms with van der Waals surface area (Å²) in [5, 5.41) is 2.59. The maximum atomic E-state index is 14.5. The lowest BCUT2D eigenvalue weighted by atomic mass is 10.0. The first-order valence-electron chi connectivity index (χ1n) is 15.3. The van der Waals surface area contributed by atoms with Crippen LogP contribution in [-0.4, -0.2) is 44.3 Å². The summed E-state index contributed by atoms with van der Waals surface area (Å²) in [5.41, 5.74) is 0.650. The number of anilines is 1. The number of nitrogens with zero attached hydrogens (tertiary/aromatic N) is 2. The van der Waals surface area contributed by atoms with Crippen molar-refractivity contribution < 1.29 is 31.2 Å². The summed E-state index contributed by atoms with van der Waals surface area (Å²) in [6.45, 7) is 5.03. The van der Waals surface area contributed by atoms with Gasteiger partial charge in [-0.15, -0.1) is 0 Å². The molecule has 0 aliphatic heterocycles. The number of carbonyl (C=O) groups is 2. The number of sulfonamides is 1.